The second kappa shape index (κ2) is 7.05. The van der Waals surface area contributed by atoms with Gasteiger partial charge in [0.15, 0.2) is 0 Å². The first kappa shape index (κ1) is 16.9. The highest BCUT2D eigenvalue weighted by Crippen LogP contribution is 2.22. The molecule has 0 aliphatic carbocycles. The van der Waals surface area contributed by atoms with Gasteiger partial charge in [-0.2, -0.15) is 5.26 Å². The molecule has 3 unspecified atom stereocenters. The average Bonchev–Trinajstić information content (AvgIpc) is 2.38. The van der Waals surface area contributed by atoms with Crippen LogP contribution in [0, 0.1) is 23.2 Å². The van der Waals surface area contributed by atoms with Gasteiger partial charge in [-0.15, -0.1) is 0 Å². The molecule has 0 aromatic rings. The van der Waals surface area contributed by atoms with Crippen LogP contribution in [-0.4, -0.2) is 42.0 Å². The minimum atomic E-state index is -0.809. The first-order chi connectivity index (χ1) is 9.34. The zero-order chi connectivity index (χ0) is 15.3. The van der Waals surface area contributed by atoms with E-state index in [-0.39, 0.29) is 17.9 Å². The van der Waals surface area contributed by atoms with Gasteiger partial charge in [0, 0.05) is 12.6 Å². The molecule has 1 amide bonds. The quantitative estimate of drug-likeness (QED) is 0.790. The summed E-state index contributed by atoms with van der Waals surface area (Å²) in [6, 6.07) is 2.47. The molecule has 1 fully saturated rings. The number of amides is 1. The smallest absolute Gasteiger partial charge is 0.235 e. The Morgan fingerprint density at radius 3 is 2.75 bits per heavy atom. The van der Waals surface area contributed by atoms with Crippen molar-refractivity contribution < 1.29 is 4.79 Å². The van der Waals surface area contributed by atoms with Crippen LogP contribution in [0.3, 0.4) is 0 Å². The van der Waals surface area contributed by atoms with Crippen LogP contribution in [0.15, 0.2) is 0 Å². The van der Waals surface area contributed by atoms with Crippen LogP contribution in [0.25, 0.3) is 0 Å². The Morgan fingerprint density at radius 1 is 1.60 bits per heavy atom. The van der Waals surface area contributed by atoms with Gasteiger partial charge in [0.1, 0.15) is 5.54 Å². The molecule has 3 N–H and O–H groups in total. The van der Waals surface area contributed by atoms with Gasteiger partial charge in [-0.1, -0.05) is 20.8 Å². The van der Waals surface area contributed by atoms with Gasteiger partial charge in [0.05, 0.1) is 12.6 Å². The molecule has 5 heteroatoms. The first-order valence-corrected chi connectivity index (χ1v) is 7.50. The summed E-state index contributed by atoms with van der Waals surface area (Å²) < 4.78 is 0. The molecule has 20 heavy (non-hydrogen) atoms. The van der Waals surface area contributed by atoms with E-state index in [1.54, 1.807) is 6.92 Å². The third kappa shape index (κ3) is 3.94. The van der Waals surface area contributed by atoms with Crippen molar-refractivity contribution >= 4 is 5.91 Å². The monoisotopic (exact) mass is 280 g/mol. The number of carbonyl (C=O) groups is 1. The van der Waals surface area contributed by atoms with Gasteiger partial charge in [-0.3, -0.25) is 9.69 Å². The van der Waals surface area contributed by atoms with Gasteiger partial charge in [0.25, 0.3) is 0 Å². The van der Waals surface area contributed by atoms with Crippen molar-refractivity contribution in [1.29, 1.82) is 5.26 Å². The maximum absolute atomic E-state index is 12.2. The highest BCUT2D eigenvalue weighted by atomic mass is 16.2. The molecule has 0 aromatic heterocycles. The van der Waals surface area contributed by atoms with E-state index >= 15 is 0 Å². The number of nitrogens with zero attached hydrogens (tertiary/aromatic N) is 2. The normalized spacial score (nSPS) is 26.9. The highest BCUT2D eigenvalue weighted by Gasteiger charge is 2.33. The lowest BCUT2D eigenvalue weighted by molar-refractivity contribution is -0.125. The third-order valence-electron chi connectivity index (χ3n) is 4.60. The number of likely N-dealkylation sites (tertiary alicyclic amines) is 1. The molecule has 5 nitrogen and oxygen atoms in total. The molecule has 1 aliphatic rings. The molecule has 0 bridgehead atoms. The molecule has 114 valence electrons. The third-order valence-corrected chi connectivity index (χ3v) is 4.60. The van der Waals surface area contributed by atoms with E-state index in [0.29, 0.717) is 19.0 Å². The maximum Gasteiger partial charge on any atom is 0.235 e. The summed E-state index contributed by atoms with van der Waals surface area (Å²) in [6.07, 6.45) is 2.27. The van der Waals surface area contributed by atoms with E-state index in [2.05, 4.69) is 23.2 Å². The zero-order valence-corrected chi connectivity index (χ0v) is 13.1. The second-order valence-corrected chi connectivity index (χ2v) is 6.41. The van der Waals surface area contributed by atoms with Crippen LogP contribution in [0.5, 0.6) is 0 Å². The van der Waals surface area contributed by atoms with Crippen LogP contribution in [-0.2, 0) is 4.79 Å². The SMILES string of the molecule is CC1CCCN(CC(=O)NC(C)(C#N)C(C)C)C1CN. The topological polar surface area (TPSA) is 82.2 Å². The fourth-order valence-corrected chi connectivity index (χ4v) is 2.73. The summed E-state index contributed by atoms with van der Waals surface area (Å²) in [4.78, 5) is 14.4. The minimum Gasteiger partial charge on any atom is -0.337 e. The van der Waals surface area contributed by atoms with Crippen LogP contribution in [0.4, 0.5) is 0 Å². The van der Waals surface area contributed by atoms with Crippen LogP contribution in [0.2, 0.25) is 0 Å². The molecule has 1 rings (SSSR count). The fourth-order valence-electron chi connectivity index (χ4n) is 2.73. The largest absolute Gasteiger partial charge is 0.337 e. The van der Waals surface area contributed by atoms with E-state index in [0.717, 1.165) is 13.0 Å². The van der Waals surface area contributed by atoms with E-state index in [4.69, 9.17) is 5.73 Å². The molecular weight excluding hydrogens is 252 g/mol. The number of hydrogen-bond acceptors (Lipinski definition) is 4. The number of nitriles is 1. The summed E-state index contributed by atoms with van der Waals surface area (Å²) in [7, 11) is 0. The van der Waals surface area contributed by atoms with Crippen molar-refractivity contribution in [2.24, 2.45) is 17.6 Å². The second-order valence-electron chi connectivity index (χ2n) is 6.41. The summed E-state index contributed by atoms with van der Waals surface area (Å²) in [6.45, 7) is 9.66. The lowest BCUT2D eigenvalue weighted by atomic mass is 9.89. The van der Waals surface area contributed by atoms with Crippen molar-refractivity contribution in [1.82, 2.24) is 10.2 Å². The summed E-state index contributed by atoms with van der Waals surface area (Å²) in [5.74, 6) is 0.506. The molecule has 1 heterocycles. The highest BCUT2D eigenvalue weighted by molar-refractivity contribution is 5.79. The Morgan fingerprint density at radius 2 is 2.25 bits per heavy atom. The number of hydrogen-bond donors (Lipinski definition) is 2. The molecule has 1 saturated heterocycles. The lowest BCUT2D eigenvalue weighted by Crippen LogP contribution is -2.56. The Kier molecular flexibility index (Phi) is 5.97. The summed E-state index contributed by atoms with van der Waals surface area (Å²) in [5, 5.41) is 12.1. The number of nitrogens with one attached hydrogen (secondary N) is 1. The van der Waals surface area contributed by atoms with E-state index < -0.39 is 5.54 Å². The molecule has 0 aromatic carbocycles. The van der Waals surface area contributed by atoms with Gasteiger partial charge in [-0.05, 0) is 38.1 Å². The maximum atomic E-state index is 12.2. The van der Waals surface area contributed by atoms with Gasteiger partial charge < -0.3 is 11.1 Å². The summed E-state index contributed by atoms with van der Waals surface area (Å²) in [5.41, 5.74) is 5.03. The number of piperidine rings is 1. The Labute approximate surface area is 122 Å². The predicted molar refractivity (Wildman–Crippen MR) is 79.8 cm³/mol. The first-order valence-electron chi connectivity index (χ1n) is 7.50. The number of rotatable bonds is 5. The van der Waals surface area contributed by atoms with E-state index in [1.165, 1.54) is 6.42 Å². The van der Waals surface area contributed by atoms with Crippen molar-refractivity contribution in [2.45, 2.75) is 52.1 Å². The molecule has 0 saturated carbocycles. The summed E-state index contributed by atoms with van der Waals surface area (Å²) >= 11 is 0. The molecule has 0 spiro atoms. The predicted octanol–water partition coefficient (Wildman–Crippen LogP) is 1.10. The average molecular weight is 280 g/mol. The van der Waals surface area contributed by atoms with Crippen molar-refractivity contribution in [3.8, 4) is 6.07 Å². The number of carbonyl (C=O) groups excluding carboxylic acids is 1. The molecule has 0 radical (unpaired) electrons. The van der Waals surface area contributed by atoms with Gasteiger partial charge in [-0.25, -0.2) is 0 Å². The Balaban J connectivity index is 2.64. The Hall–Kier alpha value is -1.12. The van der Waals surface area contributed by atoms with Crippen LogP contribution in [0.1, 0.15) is 40.5 Å². The fraction of sp³-hybridized carbons (Fsp3) is 0.867. The van der Waals surface area contributed by atoms with Crippen LogP contribution >= 0.6 is 0 Å². The van der Waals surface area contributed by atoms with Crippen molar-refractivity contribution in [2.75, 3.05) is 19.6 Å². The van der Waals surface area contributed by atoms with Gasteiger partial charge >= 0.3 is 0 Å². The van der Waals surface area contributed by atoms with E-state index in [1.807, 2.05) is 13.8 Å². The molecule has 3 atom stereocenters. The van der Waals surface area contributed by atoms with Gasteiger partial charge in [0.2, 0.25) is 5.91 Å². The van der Waals surface area contributed by atoms with E-state index in [9.17, 15) is 10.1 Å². The standard InChI is InChI=1S/C15H28N4O/c1-11(2)15(4,10-17)18-14(20)9-19-7-5-6-12(3)13(19)8-16/h11-13H,5-9,16H2,1-4H3,(H,18,20). The lowest BCUT2D eigenvalue weighted by Gasteiger charge is -2.39. The van der Waals surface area contributed by atoms with Crippen LogP contribution < -0.4 is 11.1 Å². The molecule has 1 aliphatic heterocycles. The molecular formula is C15H28N4O. The van der Waals surface area contributed by atoms with Crippen molar-refractivity contribution in [3.63, 3.8) is 0 Å². The minimum absolute atomic E-state index is 0.0713. The van der Waals surface area contributed by atoms with Crippen molar-refractivity contribution in [3.05, 3.63) is 0 Å². The zero-order valence-electron chi connectivity index (χ0n) is 13.1. The Bertz CT molecular complexity index is 377. The number of nitrogens with two attached hydrogens (primary N) is 1.